The largest absolute Gasteiger partial charge is 0.379 e. The van der Waals surface area contributed by atoms with Crippen molar-refractivity contribution in [1.29, 1.82) is 0 Å². The Morgan fingerprint density at radius 1 is 1.15 bits per heavy atom. The third-order valence-electron chi connectivity index (χ3n) is 5.72. The molecule has 2 fully saturated rings. The Bertz CT molecular complexity index is 612. The molecule has 1 amide bonds. The first-order valence-electron chi connectivity index (χ1n) is 9.62. The highest BCUT2D eigenvalue weighted by atomic mass is 35.5. The molecule has 2 aliphatic rings. The first-order chi connectivity index (χ1) is 12.6. The Morgan fingerprint density at radius 3 is 2.58 bits per heavy atom. The fraction of sp³-hybridized carbons (Fsp3) is 0.650. The summed E-state index contributed by atoms with van der Waals surface area (Å²) in [6.07, 6.45) is 7.19. The third-order valence-corrected chi connectivity index (χ3v) is 6.30. The number of amides is 1. The van der Waals surface area contributed by atoms with E-state index in [-0.39, 0.29) is 11.4 Å². The SMILES string of the molecule is O=C(CCc1ccc(Cl)cc1Cl)NCC1(N2CCOCC2)CCCCC1. The molecule has 1 aliphatic heterocycles. The number of benzene rings is 1. The van der Waals surface area contributed by atoms with Crippen molar-refractivity contribution in [3.8, 4) is 0 Å². The molecule has 1 N–H and O–H groups in total. The zero-order valence-electron chi connectivity index (χ0n) is 15.2. The lowest BCUT2D eigenvalue weighted by Gasteiger charge is -2.48. The van der Waals surface area contributed by atoms with Crippen LogP contribution in [0.25, 0.3) is 0 Å². The van der Waals surface area contributed by atoms with Gasteiger partial charge in [-0.05, 0) is 37.0 Å². The highest BCUT2D eigenvalue weighted by Gasteiger charge is 2.38. The number of aryl methyl sites for hydroxylation is 1. The number of rotatable bonds is 6. The minimum absolute atomic E-state index is 0.0919. The number of nitrogens with one attached hydrogen (secondary N) is 1. The van der Waals surface area contributed by atoms with Gasteiger partial charge in [-0.25, -0.2) is 0 Å². The predicted octanol–water partition coefficient (Wildman–Crippen LogP) is 4.08. The zero-order valence-corrected chi connectivity index (χ0v) is 16.7. The van der Waals surface area contributed by atoms with Crippen LogP contribution in [0, 0.1) is 0 Å². The highest BCUT2D eigenvalue weighted by Crippen LogP contribution is 2.34. The maximum atomic E-state index is 12.4. The second-order valence-corrected chi connectivity index (χ2v) is 8.24. The Balaban J connectivity index is 1.53. The molecule has 1 aromatic carbocycles. The molecule has 0 radical (unpaired) electrons. The molecule has 26 heavy (non-hydrogen) atoms. The quantitative estimate of drug-likeness (QED) is 0.784. The molecule has 1 heterocycles. The van der Waals surface area contributed by atoms with Gasteiger partial charge in [0.05, 0.1) is 13.2 Å². The fourth-order valence-corrected chi connectivity index (χ4v) is 4.68. The number of carbonyl (C=O) groups is 1. The number of carbonyl (C=O) groups excluding carboxylic acids is 1. The van der Waals surface area contributed by atoms with Gasteiger partial charge in [0.25, 0.3) is 0 Å². The molecule has 1 saturated carbocycles. The van der Waals surface area contributed by atoms with E-state index in [4.69, 9.17) is 27.9 Å². The van der Waals surface area contributed by atoms with E-state index in [1.54, 1.807) is 6.07 Å². The first kappa shape index (κ1) is 19.9. The molecule has 1 aromatic rings. The van der Waals surface area contributed by atoms with E-state index in [1.807, 2.05) is 12.1 Å². The fourth-order valence-electron chi connectivity index (χ4n) is 4.18. The van der Waals surface area contributed by atoms with Crippen LogP contribution in [0.1, 0.15) is 44.1 Å². The van der Waals surface area contributed by atoms with Crippen LogP contribution < -0.4 is 5.32 Å². The Morgan fingerprint density at radius 2 is 1.88 bits per heavy atom. The molecule has 3 rings (SSSR count). The molecule has 0 spiro atoms. The second kappa shape index (κ2) is 9.41. The van der Waals surface area contributed by atoms with E-state index in [0.717, 1.165) is 51.3 Å². The molecule has 1 saturated heterocycles. The van der Waals surface area contributed by atoms with Crippen LogP contribution in [0.5, 0.6) is 0 Å². The second-order valence-electron chi connectivity index (χ2n) is 7.40. The van der Waals surface area contributed by atoms with Gasteiger partial charge in [-0.15, -0.1) is 0 Å². The van der Waals surface area contributed by atoms with Crippen molar-refractivity contribution in [2.24, 2.45) is 0 Å². The summed E-state index contributed by atoms with van der Waals surface area (Å²) < 4.78 is 5.52. The standard InChI is InChI=1S/C20H28Cl2N2O2/c21-17-6-4-16(18(22)14-17)5-7-19(25)23-15-20(8-2-1-3-9-20)24-10-12-26-13-11-24/h4,6,14H,1-3,5,7-13,15H2,(H,23,25). The summed E-state index contributed by atoms with van der Waals surface area (Å²) in [5.41, 5.74) is 1.07. The van der Waals surface area contributed by atoms with Crippen LogP contribution in [-0.4, -0.2) is 49.2 Å². The minimum Gasteiger partial charge on any atom is -0.379 e. The van der Waals surface area contributed by atoms with Gasteiger partial charge in [-0.3, -0.25) is 9.69 Å². The Hall–Kier alpha value is -0.810. The van der Waals surface area contributed by atoms with Gasteiger partial charge in [0.2, 0.25) is 5.91 Å². The number of morpholine rings is 1. The van der Waals surface area contributed by atoms with E-state index in [1.165, 1.54) is 19.3 Å². The minimum atomic E-state index is 0.0919. The number of halogens is 2. The van der Waals surface area contributed by atoms with Crippen LogP contribution in [0.15, 0.2) is 18.2 Å². The lowest BCUT2D eigenvalue weighted by Crippen LogP contribution is -2.59. The Labute approximate surface area is 166 Å². The number of hydrogen-bond donors (Lipinski definition) is 1. The highest BCUT2D eigenvalue weighted by molar-refractivity contribution is 6.35. The molecule has 4 nitrogen and oxygen atoms in total. The van der Waals surface area contributed by atoms with Crippen LogP contribution >= 0.6 is 23.2 Å². The number of ether oxygens (including phenoxy) is 1. The summed E-state index contributed by atoms with van der Waals surface area (Å²) >= 11 is 12.1. The van der Waals surface area contributed by atoms with Crippen molar-refractivity contribution < 1.29 is 9.53 Å². The zero-order chi connectivity index (χ0) is 18.4. The van der Waals surface area contributed by atoms with Gasteiger partial charge < -0.3 is 10.1 Å². The lowest BCUT2D eigenvalue weighted by molar-refractivity contribution is -0.122. The summed E-state index contributed by atoms with van der Waals surface area (Å²) in [6, 6.07) is 5.44. The lowest BCUT2D eigenvalue weighted by atomic mass is 9.79. The molecular weight excluding hydrogens is 371 g/mol. The average Bonchev–Trinajstić information content (AvgIpc) is 2.67. The topological polar surface area (TPSA) is 41.6 Å². The molecule has 144 valence electrons. The normalized spacial score (nSPS) is 20.7. The van der Waals surface area contributed by atoms with Crippen LogP contribution in [0.3, 0.4) is 0 Å². The van der Waals surface area contributed by atoms with Crippen LogP contribution in [0.2, 0.25) is 10.0 Å². The molecule has 0 atom stereocenters. The van der Waals surface area contributed by atoms with Gasteiger partial charge in [0.1, 0.15) is 0 Å². The van der Waals surface area contributed by atoms with Crippen molar-refractivity contribution in [3.05, 3.63) is 33.8 Å². The van der Waals surface area contributed by atoms with Crippen LogP contribution in [0.4, 0.5) is 0 Å². The summed E-state index contributed by atoms with van der Waals surface area (Å²) in [5.74, 6) is 0.0919. The third kappa shape index (κ3) is 5.13. The molecule has 0 bridgehead atoms. The molecule has 0 aromatic heterocycles. The van der Waals surface area contributed by atoms with Gasteiger partial charge in [0, 0.05) is 41.6 Å². The van der Waals surface area contributed by atoms with E-state index in [2.05, 4.69) is 10.2 Å². The van der Waals surface area contributed by atoms with Crippen LogP contribution in [-0.2, 0) is 16.0 Å². The van der Waals surface area contributed by atoms with E-state index < -0.39 is 0 Å². The van der Waals surface area contributed by atoms with E-state index in [9.17, 15) is 4.79 Å². The summed E-state index contributed by atoms with van der Waals surface area (Å²) in [7, 11) is 0. The average molecular weight is 399 g/mol. The van der Waals surface area contributed by atoms with Gasteiger partial charge >= 0.3 is 0 Å². The molecule has 6 heteroatoms. The summed E-state index contributed by atoms with van der Waals surface area (Å²) in [6.45, 7) is 4.27. The number of nitrogens with zero attached hydrogens (tertiary/aromatic N) is 1. The maximum Gasteiger partial charge on any atom is 0.220 e. The maximum absolute atomic E-state index is 12.4. The van der Waals surface area contributed by atoms with Gasteiger partial charge in [0.15, 0.2) is 0 Å². The monoisotopic (exact) mass is 398 g/mol. The van der Waals surface area contributed by atoms with Crippen molar-refractivity contribution in [2.45, 2.75) is 50.5 Å². The van der Waals surface area contributed by atoms with E-state index in [0.29, 0.717) is 22.9 Å². The Kier molecular flexibility index (Phi) is 7.21. The van der Waals surface area contributed by atoms with Gasteiger partial charge in [-0.2, -0.15) is 0 Å². The van der Waals surface area contributed by atoms with Crippen molar-refractivity contribution in [3.63, 3.8) is 0 Å². The van der Waals surface area contributed by atoms with Crippen molar-refractivity contribution in [2.75, 3.05) is 32.8 Å². The van der Waals surface area contributed by atoms with E-state index >= 15 is 0 Å². The summed E-state index contributed by atoms with van der Waals surface area (Å²) in [4.78, 5) is 15.0. The van der Waals surface area contributed by atoms with Gasteiger partial charge in [-0.1, -0.05) is 48.5 Å². The molecular formula is C20H28Cl2N2O2. The summed E-state index contributed by atoms with van der Waals surface area (Å²) in [5, 5.41) is 4.45. The number of hydrogen-bond acceptors (Lipinski definition) is 3. The predicted molar refractivity (Wildman–Crippen MR) is 106 cm³/mol. The molecule has 1 aliphatic carbocycles. The van der Waals surface area contributed by atoms with Crippen molar-refractivity contribution in [1.82, 2.24) is 10.2 Å². The molecule has 0 unspecified atom stereocenters. The smallest absolute Gasteiger partial charge is 0.220 e. The van der Waals surface area contributed by atoms with Crippen molar-refractivity contribution >= 4 is 29.1 Å². The first-order valence-corrected chi connectivity index (χ1v) is 10.4.